The second-order valence-electron chi connectivity index (χ2n) is 3.65. The molecule has 0 saturated carbocycles. The van der Waals surface area contributed by atoms with Gasteiger partial charge in [-0.1, -0.05) is 0 Å². The Morgan fingerprint density at radius 2 is 2.16 bits per heavy atom. The summed E-state index contributed by atoms with van der Waals surface area (Å²) < 4.78 is 16.1. The molecule has 0 aliphatic rings. The fourth-order valence-electron chi connectivity index (χ4n) is 1.63. The summed E-state index contributed by atoms with van der Waals surface area (Å²) in [6.45, 7) is 1.90. The van der Waals surface area contributed by atoms with E-state index in [1.807, 2.05) is 22.6 Å². The zero-order valence-corrected chi connectivity index (χ0v) is 12.5. The minimum Gasteiger partial charge on any atom is -0.496 e. The molecule has 0 saturated heterocycles. The summed E-state index contributed by atoms with van der Waals surface area (Å²) in [4.78, 5) is 23.6. The lowest BCUT2D eigenvalue weighted by Gasteiger charge is -2.07. The van der Waals surface area contributed by atoms with Gasteiger partial charge in [-0.05, 0) is 41.6 Å². The molecule has 0 N–H and O–H groups in total. The molecule has 2 aromatic rings. The molecule has 0 spiro atoms. The Morgan fingerprint density at radius 1 is 1.42 bits per heavy atom. The van der Waals surface area contributed by atoms with Crippen LogP contribution in [-0.2, 0) is 4.74 Å². The average Bonchev–Trinajstić information content (AvgIpc) is 2.40. The molecule has 5 nitrogen and oxygen atoms in total. The topological polar surface area (TPSA) is 65.7 Å². The molecule has 0 aliphatic heterocycles. The zero-order chi connectivity index (χ0) is 14.0. The Labute approximate surface area is 122 Å². The van der Waals surface area contributed by atoms with Gasteiger partial charge in [0.15, 0.2) is 11.0 Å². The van der Waals surface area contributed by atoms with Crippen molar-refractivity contribution in [1.82, 2.24) is 0 Å². The van der Waals surface area contributed by atoms with Crippen molar-refractivity contribution >= 4 is 39.5 Å². The normalized spacial score (nSPS) is 10.5. The van der Waals surface area contributed by atoms with Gasteiger partial charge in [0.2, 0.25) is 5.76 Å². The smallest absolute Gasteiger partial charge is 0.374 e. The van der Waals surface area contributed by atoms with Gasteiger partial charge in [0.05, 0.1) is 22.7 Å². The van der Waals surface area contributed by atoms with Crippen LogP contribution in [0.2, 0.25) is 0 Å². The third-order valence-corrected chi connectivity index (χ3v) is 3.52. The fourth-order valence-corrected chi connectivity index (χ4v) is 2.43. The molecule has 0 atom stereocenters. The summed E-state index contributed by atoms with van der Waals surface area (Å²) in [5.74, 6) is -0.178. The summed E-state index contributed by atoms with van der Waals surface area (Å²) in [6.07, 6.45) is 0. The second-order valence-corrected chi connectivity index (χ2v) is 4.73. The van der Waals surface area contributed by atoms with Gasteiger partial charge in [-0.2, -0.15) is 0 Å². The number of halogens is 1. The van der Waals surface area contributed by atoms with Gasteiger partial charge in [0, 0.05) is 6.07 Å². The predicted molar refractivity (Wildman–Crippen MR) is 77.7 cm³/mol. The third-order valence-electron chi connectivity index (χ3n) is 2.50. The van der Waals surface area contributed by atoms with E-state index in [1.54, 1.807) is 19.1 Å². The SMILES string of the molecule is CCOC(=O)c1cc(=O)c2ccc(OC)c(I)c2o1. The largest absolute Gasteiger partial charge is 0.496 e. The number of esters is 1. The predicted octanol–water partition coefficient (Wildman–Crippen LogP) is 2.58. The number of carbonyl (C=O) groups is 1. The maximum Gasteiger partial charge on any atom is 0.374 e. The molecule has 0 bridgehead atoms. The van der Waals surface area contributed by atoms with Crippen molar-refractivity contribution in [2.24, 2.45) is 0 Å². The number of rotatable bonds is 3. The van der Waals surface area contributed by atoms with Crippen LogP contribution in [0, 0.1) is 3.57 Å². The monoisotopic (exact) mass is 374 g/mol. The molecule has 19 heavy (non-hydrogen) atoms. The van der Waals surface area contributed by atoms with Crippen LogP contribution in [-0.4, -0.2) is 19.7 Å². The summed E-state index contributed by atoms with van der Waals surface area (Å²) in [5, 5.41) is 0.401. The van der Waals surface area contributed by atoms with Crippen molar-refractivity contribution in [3.8, 4) is 5.75 Å². The third kappa shape index (κ3) is 2.58. The standard InChI is InChI=1S/C13H11IO5/c1-3-18-13(16)10-6-8(15)7-4-5-9(17-2)11(14)12(7)19-10/h4-6H,3H2,1-2H3. The van der Waals surface area contributed by atoms with Gasteiger partial charge in [0.25, 0.3) is 0 Å². The Morgan fingerprint density at radius 3 is 2.79 bits per heavy atom. The van der Waals surface area contributed by atoms with E-state index in [2.05, 4.69) is 0 Å². The Bertz CT molecular complexity index is 689. The number of hydrogen-bond acceptors (Lipinski definition) is 5. The molecular weight excluding hydrogens is 363 g/mol. The van der Waals surface area contributed by atoms with Crippen LogP contribution in [0.25, 0.3) is 11.0 Å². The number of carbonyl (C=O) groups excluding carboxylic acids is 1. The molecule has 0 amide bonds. The Kier molecular flexibility index (Phi) is 4.08. The molecule has 1 heterocycles. The quantitative estimate of drug-likeness (QED) is 0.611. The number of methoxy groups -OCH3 is 1. The fraction of sp³-hybridized carbons (Fsp3) is 0.231. The van der Waals surface area contributed by atoms with E-state index >= 15 is 0 Å². The van der Waals surface area contributed by atoms with Crippen molar-refractivity contribution in [2.45, 2.75) is 6.92 Å². The first-order valence-electron chi connectivity index (χ1n) is 5.56. The van der Waals surface area contributed by atoms with E-state index in [0.29, 0.717) is 20.3 Å². The molecule has 2 rings (SSSR count). The summed E-state index contributed by atoms with van der Waals surface area (Å²) in [5.41, 5.74) is 0.0420. The molecule has 1 aromatic carbocycles. The maximum absolute atomic E-state index is 11.9. The molecular formula is C13H11IO5. The van der Waals surface area contributed by atoms with Gasteiger partial charge in [-0.3, -0.25) is 4.79 Å². The Hall–Kier alpha value is -1.57. The van der Waals surface area contributed by atoms with E-state index in [-0.39, 0.29) is 17.8 Å². The average molecular weight is 374 g/mol. The number of benzene rings is 1. The highest BCUT2D eigenvalue weighted by Crippen LogP contribution is 2.28. The molecule has 0 fully saturated rings. The van der Waals surface area contributed by atoms with E-state index in [0.717, 1.165) is 6.07 Å². The van der Waals surface area contributed by atoms with Gasteiger partial charge in [0.1, 0.15) is 5.75 Å². The highest BCUT2D eigenvalue weighted by atomic mass is 127. The highest BCUT2D eigenvalue weighted by Gasteiger charge is 2.16. The van der Waals surface area contributed by atoms with E-state index in [9.17, 15) is 9.59 Å². The van der Waals surface area contributed by atoms with Crippen LogP contribution >= 0.6 is 22.6 Å². The van der Waals surface area contributed by atoms with Crippen molar-refractivity contribution < 1.29 is 18.7 Å². The molecule has 0 unspecified atom stereocenters. The van der Waals surface area contributed by atoms with Gasteiger partial charge < -0.3 is 13.9 Å². The number of fused-ring (bicyclic) bond motifs is 1. The van der Waals surface area contributed by atoms with Gasteiger partial charge in [-0.25, -0.2) is 4.79 Å². The number of hydrogen-bond donors (Lipinski definition) is 0. The van der Waals surface area contributed by atoms with Crippen molar-refractivity contribution in [3.63, 3.8) is 0 Å². The van der Waals surface area contributed by atoms with E-state index in [1.165, 1.54) is 7.11 Å². The van der Waals surface area contributed by atoms with Gasteiger partial charge in [-0.15, -0.1) is 0 Å². The van der Waals surface area contributed by atoms with Crippen LogP contribution in [0.4, 0.5) is 0 Å². The van der Waals surface area contributed by atoms with Gasteiger partial charge >= 0.3 is 5.97 Å². The van der Waals surface area contributed by atoms with Crippen LogP contribution in [0.3, 0.4) is 0 Å². The van der Waals surface area contributed by atoms with E-state index in [4.69, 9.17) is 13.9 Å². The molecule has 1 aromatic heterocycles. The first-order valence-corrected chi connectivity index (χ1v) is 6.63. The van der Waals surface area contributed by atoms with E-state index < -0.39 is 5.97 Å². The maximum atomic E-state index is 11.9. The lowest BCUT2D eigenvalue weighted by molar-refractivity contribution is 0.0490. The zero-order valence-electron chi connectivity index (χ0n) is 10.4. The molecule has 0 radical (unpaired) electrons. The summed E-state index contributed by atoms with van der Waals surface area (Å²) >= 11 is 2.01. The van der Waals surface area contributed by atoms with Crippen LogP contribution in [0.5, 0.6) is 5.75 Å². The lowest BCUT2D eigenvalue weighted by Crippen LogP contribution is -2.10. The molecule has 6 heteroatoms. The molecule has 0 aliphatic carbocycles. The molecule has 100 valence electrons. The first kappa shape index (κ1) is 13.9. The lowest BCUT2D eigenvalue weighted by atomic mass is 10.2. The van der Waals surface area contributed by atoms with Crippen LogP contribution < -0.4 is 10.2 Å². The summed E-state index contributed by atoms with van der Waals surface area (Å²) in [6, 6.07) is 4.44. The van der Waals surface area contributed by atoms with Crippen molar-refractivity contribution in [3.05, 3.63) is 37.8 Å². The van der Waals surface area contributed by atoms with Crippen LogP contribution in [0.1, 0.15) is 17.5 Å². The minimum absolute atomic E-state index is 0.106. The first-order chi connectivity index (χ1) is 9.08. The highest BCUT2D eigenvalue weighted by molar-refractivity contribution is 14.1. The second kappa shape index (κ2) is 5.60. The van der Waals surface area contributed by atoms with Crippen molar-refractivity contribution in [2.75, 3.05) is 13.7 Å². The number of ether oxygens (including phenoxy) is 2. The summed E-state index contributed by atoms with van der Waals surface area (Å²) in [7, 11) is 1.52. The Balaban J connectivity index is 2.70. The minimum atomic E-state index is -0.653. The van der Waals surface area contributed by atoms with Crippen molar-refractivity contribution in [1.29, 1.82) is 0 Å². The van der Waals surface area contributed by atoms with Crippen LogP contribution in [0.15, 0.2) is 27.4 Å².